The molecule has 1 N–H and O–H groups in total. The molecule has 0 amide bonds. The van der Waals surface area contributed by atoms with Crippen LogP contribution in [0.5, 0.6) is 11.5 Å². The SMILES string of the molecule is CCN1CCCC(CNS(=O)(=O)c2ccc(OC)c(OC)c2)C1. The van der Waals surface area contributed by atoms with E-state index in [0.29, 0.717) is 24.0 Å². The van der Waals surface area contributed by atoms with Gasteiger partial charge in [0, 0.05) is 19.2 Å². The molecule has 2 rings (SSSR count). The van der Waals surface area contributed by atoms with Gasteiger partial charge in [-0.2, -0.15) is 0 Å². The van der Waals surface area contributed by atoms with Gasteiger partial charge < -0.3 is 14.4 Å². The molecule has 1 saturated heterocycles. The zero-order valence-electron chi connectivity index (χ0n) is 14.0. The number of ether oxygens (including phenoxy) is 2. The second-order valence-corrected chi connectivity index (χ2v) is 7.54. The van der Waals surface area contributed by atoms with Gasteiger partial charge in [0.2, 0.25) is 10.0 Å². The van der Waals surface area contributed by atoms with Crippen molar-refractivity contribution in [3.63, 3.8) is 0 Å². The molecule has 0 spiro atoms. The minimum absolute atomic E-state index is 0.193. The number of methoxy groups -OCH3 is 2. The van der Waals surface area contributed by atoms with Crippen molar-refractivity contribution in [2.45, 2.75) is 24.7 Å². The second-order valence-electron chi connectivity index (χ2n) is 5.77. The first-order valence-corrected chi connectivity index (χ1v) is 9.42. The summed E-state index contributed by atoms with van der Waals surface area (Å²) in [7, 11) is -0.536. The van der Waals surface area contributed by atoms with E-state index < -0.39 is 10.0 Å². The van der Waals surface area contributed by atoms with E-state index in [2.05, 4.69) is 16.5 Å². The zero-order chi connectivity index (χ0) is 16.9. The van der Waals surface area contributed by atoms with E-state index in [4.69, 9.17) is 9.47 Å². The first-order chi connectivity index (χ1) is 11.0. The molecule has 6 nitrogen and oxygen atoms in total. The molecule has 7 heteroatoms. The van der Waals surface area contributed by atoms with Gasteiger partial charge in [-0.25, -0.2) is 13.1 Å². The minimum atomic E-state index is -3.55. The highest BCUT2D eigenvalue weighted by Gasteiger charge is 2.22. The van der Waals surface area contributed by atoms with Gasteiger partial charge in [0.15, 0.2) is 11.5 Å². The molecule has 0 aromatic heterocycles. The Balaban J connectivity index is 2.04. The van der Waals surface area contributed by atoms with Gasteiger partial charge >= 0.3 is 0 Å². The van der Waals surface area contributed by atoms with Crippen LogP contribution in [0.3, 0.4) is 0 Å². The van der Waals surface area contributed by atoms with Crippen molar-refractivity contribution in [2.75, 3.05) is 40.4 Å². The highest BCUT2D eigenvalue weighted by Crippen LogP contribution is 2.29. The van der Waals surface area contributed by atoms with Crippen molar-refractivity contribution in [2.24, 2.45) is 5.92 Å². The Hall–Kier alpha value is -1.31. The summed E-state index contributed by atoms with van der Waals surface area (Å²) in [5, 5.41) is 0. The third-order valence-corrected chi connectivity index (χ3v) is 5.70. The highest BCUT2D eigenvalue weighted by molar-refractivity contribution is 7.89. The van der Waals surface area contributed by atoms with Crippen molar-refractivity contribution in [3.05, 3.63) is 18.2 Å². The molecule has 1 aliphatic heterocycles. The molecule has 1 unspecified atom stereocenters. The molecular weight excluding hydrogens is 316 g/mol. The van der Waals surface area contributed by atoms with Crippen molar-refractivity contribution in [1.29, 1.82) is 0 Å². The molecule has 0 radical (unpaired) electrons. The van der Waals surface area contributed by atoms with Gasteiger partial charge in [-0.1, -0.05) is 6.92 Å². The van der Waals surface area contributed by atoms with Crippen molar-refractivity contribution in [1.82, 2.24) is 9.62 Å². The van der Waals surface area contributed by atoms with Crippen LogP contribution >= 0.6 is 0 Å². The van der Waals surface area contributed by atoms with Gasteiger partial charge in [0.25, 0.3) is 0 Å². The van der Waals surface area contributed by atoms with Crippen molar-refractivity contribution >= 4 is 10.0 Å². The molecule has 23 heavy (non-hydrogen) atoms. The van der Waals surface area contributed by atoms with E-state index in [1.807, 2.05) is 0 Å². The summed E-state index contributed by atoms with van der Waals surface area (Å²) >= 11 is 0. The number of piperidine rings is 1. The number of nitrogens with zero attached hydrogens (tertiary/aromatic N) is 1. The van der Waals surface area contributed by atoms with Gasteiger partial charge in [0.1, 0.15) is 0 Å². The average Bonchev–Trinajstić information content (AvgIpc) is 2.59. The lowest BCUT2D eigenvalue weighted by atomic mass is 9.98. The number of likely N-dealkylation sites (tertiary alicyclic amines) is 1. The normalized spacial score (nSPS) is 19.5. The van der Waals surface area contributed by atoms with E-state index in [0.717, 1.165) is 32.5 Å². The molecule has 1 aromatic carbocycles. The third kappa shape index (κ3) is 4.59. The van der Waals surface area contributed by atoms with Crippen molar-refractivity contribution < 1.29 is 17.9 Å². The fourth-order valence-corrected chi connectivity index (χ4v) is 4.03. The zero-order valence-corrected chi connectivity index (χ0v) is 14.9. The summed E-state index contributed by atoms with van der Waals surface area (Å²) in [6.07, 6.45) is 2.18. The Labute approximate surface area is 138 Å². The van der Waals surface area contributed by atoms with Crippen LogP contribution in [0.4, 0.5) is 0 Å². The van der Waals surface area contributed by atoms with Crippen LogP contribution in [0, 0.1) is 5.92 Å². The molecule has 1 fully saturated rings. The maximum Gasteiger partial charge on any atom is 0.240 e. The van der Waals surface area contributed by atoms with Crippen LogP contribution in [0.2, 0.25) is 0 Å². The predicted molar refractivity (Wildman–Crippen MR) is 89.6 cm³/mol. The number of rotatable bonds is 7. The second kappa shape index (κ2) is 7.99. The number of sulfonamides is 1. The molecule has 130 valence electrons. The fourth-order valence-electron chi connectivity index (χ4n) is 2.90. The van der Waals surface area contributed by atoms with Crippen molar-refractivity contribution in [3.8, 4) is 11.5 Å². The van der Waals surface area contributed by atoms with Gasteiger partial charge in [-0.15, -0.1) is 0 Å². The number of nitrogens with one attached hydrogen (secondary N) is 1. The lowest BCUT2D eigenvalue weighted by Crippen LogP contribution is -2.40. The molecule has 1 atom stereocenters. The summed E-state index contributed by atoms with van der Waals surface area (Å²) in [5.74, 6) is 1.28. The summed E-state index contributed by atoms with van der Waals surface area (Å²) in [4.78, 5) is 2.55. The maximum absolute atomic E-state index is 12.5. The topological polar surface area (TPSA) is 67.9 Å². The standard InChI is InChI=1S/C16H26N2O4S/c1-4-18-9-5-6-13(12-18)11-17-23(19,20)14-7-8-15(21-2)16(10-14)22-3/h7-8,10,13,17H,4-6,9,11-12H2,1-3H3. The summed E-state index contributed by atoms with van der Waals surface area (Å²) in [6.45, 7) is 5.67. The summed E-state index contributed by atoms with van der Waals surface area (Å²) < 4.78 is 38.0. The van der Waals surface area contributed by atoms with Gasteiger partial charge in [0.05, 0.1) is 19.1 Å². The van der Waals surface area contributed by atoms with Gasteiger partial charge in [-0.05, 0) is 44.0 Å². The Bertz CT molecular complexity index is 619. The van der Waals surface area contributed by atoms with E-state index >= 15 is 0 Å². The van der Waals surface area contributed by atoms with Crippen LogP contribution in [0.1, 0.15) is 19.8 Å². The Morgan fingerprint density at radius 2 is 2.00 bits per heavy atom. The maximum atomic E-state index is 12.5. The minimum Gasteiger partial charge on any atom is -0.493 e. The van der Waals surface area contributed by atoms with E-state index in [9.17, 15) is 8.42 Å². The van der Waals surface area contributed by atoms with Gasteiger partial charge in [-0.3, -0.25) is 0 Å². The van der Waals surface area contributed by atoms with E-state index in [1.54, 1.807) is 6.07 Å². The van der Waals surface area contributed by atoms with Crippen LogP contribution in [0.25, 0.3) is 0 Å². The Morgan fingerprint density at radius 1 is 1.26 bits per heavy atom. The highest BCUT2D eigenvalue weighted by atomic mass is 32.2. The molecule has 1 heterocycles. The Kier molecular flexibility index (Phi) is 6.26. The largest absolute Gasteiger partial charge is 0.493 e. The first-order valence-electron chi connectivity index (χ1n) is 7.94. The van der Waals surface area contributed by atoms with E-state index in [-0.39, 0.29) is 4.90 Å². The molecule has 1 aliphatic rings. The number of hydrogen-bond acceptors (Lipinski definition) is 5. The third-order valence-electron chi connectivity index (χ3n) is 4.28. The fraction of sp³-hybridized carbons (Fsp3) is 0.625. The summed E-state index contributed by atoms with van der Waals surface area (Å²) in [5.41, 5.74) is 0. The molecule has 0 bridgehead atoms. The first kappa shape index (κ1) is 18.0. The van der Waals surface area contributed by atoms with Crippen LogP contribution in [0.15, 0.2) is 23.1 Å². The average molecular weight is 342 g/mol. The van der Waals surface area contributed by atoms with Crippen LogP contribution in [-0.4, -0.2) is 53.7 Å². The number of benzene rings is 1. The molecule has 0 aliphatic carbocycles. The van der Waals surface area contributed by atoms with Crippen LogP contribution in [-0.2, 0) is 10.0 Å². The molecular formula is C16H26N2O4S. The molecule has 1 aromatic rings. The quantitative estimate of drug-likeness (QED) is 0.817. The lowest BCUT2D eigenvalue weighted by molar-refractivity contribution is 0.184. The van der Waals surface area contributed by atoms with E-state index in [1.165, 1.54) is 26.4 Å². The Morgan fingerprint density at radius 3 is 2.65 bits per heavy atom. The monoisotopic (exact) mass is 342 g/mol. The summed E-state index contributed by atoms with van der Waals surface area (Å²) in [6, 6.07) is 4.62. The lowest BCUT2D eigenvalue weighted by Gasteiger charge is -2.31. The van der Waals surface area contributed by atoms with Crippen LogP contribution < -0.4 is 14.2 Å². The molecule has 0 saturated carbocycles. The predicted octanol–water partition coefficient (Wildman–Crippen LogP) is 1.71. The number of hydrogen-bond donors (Lipinski definition) is 1. The smallest absolute Gasteiger partial charge is 0.240 e.